The first-order valence-corrected chi connectivity index (χ1v) is 4.90. The first-order valence-electron chi connectivity index (χ1n) is 4.52. The molecule has 0 spiro atoms. The Morgan fingerprint density at radius 3 is 2.94 bits per heavy atom. The van der Waals surface area contributed by atoms with Crippen molar-refractivity contribution >= 4 is 34.7 Å². The standard InChI is InChI=1S/C10H8ClN3O2/c1-6-9(10(15)16-14-6)13-12-8-4-2-3-7(11)5-8/h2-5,12H,1H3/b13-9-. The summed E-state index contributed by atoms with van der Waals surface area (Å²) in [5, 5.41) is 7.99. The van der Waals surface area contributed by atoms with Gasteiger partial charge < -0.3 is 4.84 Å². The highest BCUT2D eigenvalue weighted by molar-refractivity contribution is 6.66. The van der Waals surface area contributed by atoms with Gasteiger partial charge in [0.1, 0.15) is 5.71 Å². The molecule has 82 valence electrons. The van der Waals surface area contributed by atoms with E-state index >= 15 is 0 Å². The van der Waals surface area contributed by atoms with E-state index in [4.69, 9.17) is 11.6 Å². The van der Waals surface area contributed by atoms with Crippen LogP contribution in [0.2, 0.25) is 5.02 Å². The fourth-order valence-corrected chi connectivity index (χ4v) is 1.34. The molecule has 16 heavy (non-hydrogen) atoms. The van der Waals surface area contributed by atoms with Crippen molar-refractivity contribution in [3.8, 4) is 0 Å². The number of carbonyl (C=O) groups is 1. The van der Waals surface area contributed by atoms with Gasteiger partial charge in [0.15, 0.2) is 5.71 Å². The van der Waals surface area contributed by atoms with E-state index in [0.717, 1.165) is 0 Å². The smallest absolute Gasteiger partial charge is 0.311 e. The molecular formula is C10H8ClN3O2. The average Bonchev–Trinajstić information content (AvgIpc) is 2.56. The third-order valence-corrected chi connectivity index (χ3v) is 2.16. The summed E-state index contributed by atoms with van der Waals surface area (Å²) in [4.78, 5) is 15.6. The Morgan fingerprint density at radius 2 is 2.31 bits per heavy atom. The molecule has 1 aromatic rings. The van der Waals surface area contributed by atoms with Crippen molar-refractivity contribution in [2.45, 2.75) is 6.92 Å². The number of hydrogen-bond donors (Lipinski definition) is 1. The van der Waals surface area contributed by atoms with Crippen LogP contribution in [0.4, 0.5) is 5.69 Å². The van der Waals surface area contributed by atoms with Gasteiger partial charge in [0.2, 0.25) is 0 Å². The zero-order chi connectivity index (χ0) is 11.5. The van der Waals surface area contributed by atoms with E-state index in [-0.39, 0.29) is 5.71 Å². The molecule has 0 amide bonds. The van der Waals surface area contributed by atoms with Gasteiger partial charge in [0, 0.05) is 5.02 Å². The molecule has 0 aromatic heterocycles. The molecule has 0 bridgehead atoms. The zero-order valence-corrected chi connectivity index (χ0v) is 9.15. The van der Waals surface area contributed by atoms with Crippen LogP contribution in [-0.4, -0.2) is 17.4 Å². The number of hydrogen-bond acceptors (Lipinski definition) is 5. The molecule has 1 aromatic carbocycles. The monoisotopic (exact) mass is 237 g/mol. The Labute approximate surface area is 96.7 Å². The van der Waals surface area contributed by atoms with Crippen LogP contribution in [0, 0.1) is 0 Å². The highest BCUT2D eigenvalue weighted by atomic mass is 35.5. The van der Waals surface area contributed by atoms with Crippen molar-refractivity contribution in [2.75, 3.05) is 5.43 Å². The molecule has 0 fully saturated rings. The second kappa shape index (κ2) is 4.32. The van der Waals surface area contributed by atoms with Crippen molar-refractivity contribution in [1.82, 2.24) is 0 Å². The second-order valence-electron chi connectivity index (χ2n) is 3.14. The number of benzene rings is 1. The number of anilines is 1. The second-order valence-corrected chi connectivity index (χ2v) is 3.57. The minimum atomic E-state index is -0.563. The molecule has 6 heteroatoms. The number of nitrogens with one attached hydrogen (secondary N) is 1. The van der Waals surface area contributed by atoms with Crippen LogP contribution in [-0.2, 0) is 9.63 Å². The van der Waals surface area contributed by atoms with Gasteiger partial charge in [0.05, 0.1) is 5.69 Å². The summed E-state index contributed by atoms with van der Waals surface area (Å²) in [6.45, 7) is 1.64. The maximum atomic E-state index is 11.1. The summed E-state index contributed by atoms with van der Waals surface area (Å²) in [7, 11) is 0. The molecule has 1 aliphatic rings. The van der Waals surface area contributed by atoms with Crippen LogP contribution < -0.4 is 5.43 Å². The van der Waals surface area contributed by atoms with Crippen molar-refractivity contribution in [3.05, 3.63) is 29.3 Å². The predicted octanol–water partition coefficient (Wildman–Crippen LogP) is 2.04. The van der Waals surface area contributed by atoms with E-state index < -0.39 is 5.97 Å². The van der Waals surface area contributed by atoms with Crippen LogP contribution in [0.1, 0.15) is 6.92 Å². The molecule has 1 N–H and O–H groups in total. The summed E-state index contributed by atoms with van der Waals surface area (Å²) in [6, 6.07) is 7.00. The van der Waals surface area contributed by atoms with Crippen LogP contribution in [0.3, 0.4) is 0 Å². The fraction of sp³-hybridized carbons (Fsp3) is 0.100. The molecule has 0 unspecified atom stereocenters. The van der Waals surface area contributed by atoms with Crippen LogP contribution in [0.25, 0.3) is 0 Å². The fourth-order valence-electron chi connectivity index (χ4n) is 1.15. The molecule has 0 radical (unpaired) electrons. The molecule has 2 rings (SSSR count). The quantitative estimate of drug-likeness (QED) is 0.632. The highest BCUT2D eigenvalue weighted by Gasteiger charge is 2.24. The Hall–Kier alpha value is -1.88. The van der Waals surface area contributed by atoms with Crippen LogP contribution in [0.15, 0.2) is 34.5 Å². The number of rotatable bonds is 2. The Balaban J connectivity index is 2.15. The average molecular weight is 238 g/mol. The topological polar surface area (TPSA) is 63.0 Å². The van der Waals surface area contributed by atoms with E-state index in [2.05, 4.69) is 20.5 Å². The maximum absolute atomic E-state index is 11.1. The van der Waals surface area contributed by atoms with E-state index in [0.29, 0.717) is 16.4 Å². The third-order valence-electron chi connectivity index (χ3n) is 1.92. The number of oxime groups is 1. The molecule has 0 atom stereocenters. The molecule has 0 saturated carbocycles. The lowest BCUT2D eigenvalue weighted by Crippen LogP contribution is -2.17. The molecule has 0 aliphatic carbocycles. The Bertz CT molecular complexity index is 497. The van der Waals surface area contributed by atoms with Gasteiger partial charge in [0.25, 0.3) is 0 Å². The highest BCUT2D eigenvalue weighted by Crippen LogP contribution is 2.15. The Kier molecular flexibility index (Phi) is 2.87. The van der Waals surface area contributed by atoms with Gasteiger partial charge in [-0.15, -0.1) is 0 Å². The summed E-state index contributed by atoms with van der Waals surface area (Å²) in [5.74, 6) is -0.563. The number of carbonyl (C=O) groups excluding carboxylic acids is 1. The summed E-state index contributed by atoms with van der Waals surface area (Å²) in [6.07, 6.45) is 0. The van der Waals surface area contributed by atoms with E-state index in [1.165, 1.54) is 0 Å². The lowest BCUT2D eigenvalue weighted by atomic mass is 10.3. The third kappa shape index (κ3) is 2.20. The SMILES string of the molecule is CC1=NOC(=O)/C1=N\Nc1cccc(Cl)c1. The van der Waals surface area contributed by atoms with Gasteiger partial charge in [-0.2, -0.15) is 5.10 Å². The van der Waals surface area contributed by atoms with E-state index in [1.54, 1.807) is 31.2 Å². The lowest BCUT2D eigenvalue weighted by Gasteiger charge is -2.00. The molecule has 0 saturated heterocycles. The van der Waals surface area contributed by atoms with Crippen molar-refractivity contribution in [2.24, 2.45) is 10.3 Å². The van der Waals surface area contributed by atoms with Crippen molar-refractivity contribution < 1.29 is 9.63 Å². The number of hydrazone groups is 1. The number of halogens is 1. The predicted molar refractivity (Wildman–Crippen MR) is 61.7 cm³/mol. The summed E-state index contributed by atoms with van der Waals surface area (Å²) in [5.41, 5.74) is 4.01. The Morgan fingerprint density at radius 1 is 1.50 bits per heavy atom. The number of nitrogens with zero attached hydrogens (tertiary/aromatic N) is 2. The van der Waals surface area contributed by atoms with Gasteiger partial charge in [-0.3, -0.25) is 5.43 Å². The minimum Gasteiger partial charge on any atom is -0.311 e. The summed E-state index contributed by atoms with van der Waals surface area (Å²) >= 11 is 5.79. The largest absolute Gasteiger partial charge is 0.387 e. The minimum absolute atomic E-state index is 0.167. The molecular weight excluding hydrogens is 230 g/mol. The van der Waals surface area contributed by atoms with Gasteiger partial charge in [-0.1, -0.05) is 22.8 Å². The van der Waals surface area contributed by atoms with Crippen molar-refractivity contribution in [1.29, 1.82) is 0 Å². The normalized spacial score (nSPS) is 17.2. The van der Waals surface area contributed by atoms with Gasteiger partial charge in [-0.25, -0.2) is 4.79 Å². The molecule has 1 heterocycles. The van der Waals surface area contributed by atoms with Gasteiger partial charge >= 0.3 is 5.97 Å². The van der Waals surface area contributed by atoms with Crippen LogP contribution >= 0.6 is 11.6 Å². The van der Waals surface area contributed by atoms with Crippen LogP contribution in [0.5, 0.6) is 0 Å². The maximum Gasteiger partial charge on any atom is 0.387 e. The zero-order valence-electron chi connectivity index (χ0n) is 8.40. The lowest BCUT2D eigenvalue weighted by molar-refractivity contribution is -0.134. The first-order chi connectivity index (χ1) is 7.66. The van der Waals surface area contributed by atoms with E-state index in [1.807, 2.05) is 0 Å². The van der Waals surface area contributed by atoms with Crippen molar-refractivity contribution in [3.63, 3.8) is 0 Å². The van der Waals surface area contributed by atoms with E-state index in [9.17, 15) is 4.79 Å². The van der Waals surface area contributed by atoms with Gasteiger partial charge in [-0.05, 0) is 25.1 Å². The molecule has 5 nitrogen and oxygen atoms in total. The molecule has 1 aliphatic heterocycles. The summed E-state index contributed by atoms with van der Waals surface area (Å²) < 4.78 is 0. The first kappa shape index (κ1) is 10.6.